The molecule has 2 nitrogen and oxygen atoms in total. The van der Waals surface area contributed by atoms with E-state index in [2.05, 4.69) is 147 Å². The number of rotatable bonds is 1. The summed E-state index contributed by atoms with van der Waals surface area (Å²) in [5.74, 6) is 2.09. The van der Waals surface area contributed by atoms with Crippen molar-refractivity contribution in [3.05, 3.63) is 95.1 Å². The molecule has 0 bridgehead atoms. The van der Waals surface area contributed by atoms with Gasteiger partial charge in [0.2, 0.25) is 0 Å². The molecule has 0 saturated heterocycles. The van der Waals surface area contributed by atoms with Crippen LogP contribution < -0.4 is 26.0 Å². The summed E-state index contributed by atoms with van der Waals surface area (Å²) < 4.78 is 7.09. The van der Waals surface area contributed by atoms with Gasteiger partial charge in [0.05, 0.1) is 0 Å². The molecule has 1 aliphatic carbocycles. The lowest BCUT2D eigenvalue weighted by Gasteiger charge is -2.47. The number of nitrogens with zero attached hydrogens (tertiary/aromatic N) is 1. The van der Waals surface area contributed by atoms with Crippen LogP contribution >= 0.6 is 0 Å². The molecule has 4 aromatic rings. The molecule has 0 fully saturated rings. The molecule has 0 unspecified atom stereocenters. The van der Waals surface area contributed by atoms with Crippen LogP contribution in [0.2, 0.25) is 0 Å². The fourth-order valence-corrected chi connectivity index (χ4v) is 7.70. The minimum absolute atomic E-state index is 0.0266. The van der Waals surface area contributed by atoms with E-state index in [9.17, 15) is 0 Å². The van der Waals surface area contributed by atoms with Gasteiger partial charge in [0.1, 0.15) is 11.5 Å². The Labute approximate surface area is 259 Å². The third-order valence-electron chi connectivity index (χ3n) is 10.5. The summed E-state index contributed by atoms with van der Waals surface area (Å²) in [6.45, 7) is 23.6. The Kier molecular flexibility index (Phi) is 5.95. The van der Waals surface area contributed by atoms with Crippen LogP contribution in [0.25, 0.3) is 0 Å². The quantitative estimate of drug-likeness (QED) is 0.184. The van der Waals surface area contributed by atoms with Crippen LogP contribution in [0.4, 0.5) is 17.1 Å². The number of anilines is 3. The molecular weight excluding hydrogens is 521 g/mol. The zero-order valence-electron chi connectivity index (χ0n) is 27.8. The SMILES string of the molecule is CC(C)(C)c1ccc(N2c3ccc(C(C)(C)C)cc3B3c4ccccc4Oc4c3c2cc2c4C(C)(C)CCC2(C)C)cc1. The lowest BCUT2D eigenvalue weighted by atomic mass is 9.33. The van der Waals surface area contributed by atoms with Crippen LogP contribution in [0.5, 0.6) is 11.5 Å². The Morgan fingerprint density at radius 3 is 1.98 bits per heavy atom. The molecule has 7 rings (SSSR count). The van der Waals surface area contributed by atoms with E-state index in [4.69, 9.17) is 4.74 Å². The first-order chi connectivity index (χ1) is 20.1. The third-order valence-corrected chi connectivity index (χ3v) is 10.5. The van der Waals surface area contributed by atoms with Gasteiger partial charge >= 0.3 is 0 Å². The summed E-state index contributed by atoms with van der Waals surface area (Å²) in [7, 11) is 0. The molecule has 2 aliphatic heterocycles. The van der Waals surface area contributed by atoms with Crippen LogP contribution in [-0.4, -0.2) is 6.71 Å². The summed E-state index contributed by atoms with van der Waals surface area (Å²) in [4.78, 5) is 2.53. The van der Waals surface area contributed by atoms with E-state index in [1.54, 1.807) is 0 Å². The van der Waals surface area contributed by atoms with Crippen LogP contribution in [0.3, 0.4) is 0 Å². The maximum Gasteiger partial charge on any atom is 0.256 e. The topological polar surface area (TPSA) is 12.5 Å². The summed E-state index contributed by atoms with van der Waals surface area (Å²) in [6, 6.07) is 27.8. The first kappa shape index (κ1) is 28.3. The van der Waals surface area contributed by atoms with Crippen LogP contribution in [0.1, 0.15) is 104 Å². The van der Waals surface area contributed by atoms with Crippen molar-refractivity contribution < 1.29 is 4.74 Å². The van der Waals surface area contributed by atoms with Gasteiger partial charge in [-0.3, -0.25) is 0 Å². The number of hydrogen-bond donors (Lipinski definition) is 0. The van der Waals surface area contributed by atoms with Gasteiger partial charge in [-0.2, -0.15) is 0 Å². The van der Waals surface area contributed by atoms with Crippen molar-refractivity contribution >= 4 is 40.2 Å². The number of hydrogen-bond acceptors (Lipinski definition) is 2. The zero-order valence-corrected chi connectivity index (χ0v) is 27.8. The molecule has 3 heteroatoms. The van der Waals surface area contributed by atoms with Gasteiger partial charge in [-0.15, -0.1) is 0 Å². The normalized spacial score (nSPS) is 17.8. The summed E-state index contributed by atoms with van der Waals surface area (Å²) in [6.07, 6.45) is 2.31. The van der Waals surface area contributed by atoms with Crippen molar-refractivity contribution in [3.8, 4) is 11.5 Å². The van der Waals surface area contributed by atoms with Gasteiger partial charge in [-0.25, -0.2) is 0 Å². The summed E-state index contributed by atoms with van der Waals surface area (Å²) in [5, 5.41) is 0. The maximum absolute atomic E-state index is 7.09. The predicted molar refractivity (Wildman–Crippen MR) is 185 cm³/mol. The molecule has 3 aliphatic rings. The fourth-order valence-electron chi connectivity index (χ4n) is 7.70. The second-order valence-electron chi connectivity index (χ2n) is 16.6. The molecule has 0 N–H and O–H groups in total. The number of ether oxygens (including phenoxy) is 1. The highest BCUT2D eigenvalue weighted by molar-refractivity contribution is 6.99. The van der Waals surface area contributed by atoms with E-state index in [1.807, 2.05) is 0 Å². The van der Waals surface area contributed by atoms with E-state index in [1.165, 1.54) is 55.7 Å². The largest absolute Gasteiger partial charge is 0.458 e. The molecular formula is C40H46BNO. The standard InChI is InChI=1S/C40H46BNO/c1-37(2,3)25-15-18-27(19-16-25)42-31-20-17-26(38(4,5)6)23-30(31)41-29-13-11-12-14-33(29)43-36-34-28(24-32(42)35(36)41)39(7,8)21-22-40(34,9)10/h11-20,23-24H,21-22H2,1-10H3. The molecule has 0 aromatic heterocycles. The second-order valence-corrected chi connectivity index (χ2v) is 16.6. The smallest absolute Gasteiger partial charge is 0.256 e. The summed E-state index contributed by atoms with van der Waals surface area (Å²) in [5.41, 5.74) is 13.5. The van der Waals surface area contributed by atoms with Gasteiger partial charge in [0.25, 0.3) is 6.71 Å². The Balaban J connectivity index is 1.60. The first-order valence-electron chi connectivity index (χ1n) is 16.1. The maximum atomic E-state index is 7.09. The van der Waals surface area contributed by atoms with E-state index >= 15 is 0 Å². The fraction of sp³-hybridized carbons (Fsp3) is 0.400. The third kappa shape index (κ3) is 4.29. The highest BCUT2D eigenvalue weighted by Gasteiger charge is 2.48. The van der Waals surface area contributed by atoms with Gasteiger partial charge in [-0.1, -0.05) is 112 Å². The highest BCUT2D eigenvalue weighted by atomic mass is 16.5. The van der Waals surface area contributed by atoms with E-state index in [0.717, 1.165) is 24.3 Å². The molecule has 220 valence electrons. The molecule has 2 heterocycles. The minimum atomic E-state index is 0.0266. The average Bonchev–Trinajstić information content (AvgIpc) is 2.94. The molecule has 0 atom stereocenters. The molecule has 0 amide bonds. The van der Waals surface area contributed by atoms with Crippen molar-refractivity contribution in [2.24, 2.45) is 0 Å². The van der Waals surface area contributed by atoms with Gasteiger partial charge in [0, 0.05) is 22.6 Å². The van der Waals surface area contributed by atoms with Crippen LogP contribution in [0, 0.1) is 0 Å². The van der Waals surface area contributed by atoms with Crippen molar-refractivity contribution in [3.63, 3.8) is 0 Å². The Bertz CT molecular complexity index is 1760. The number of benzene rings is 4. The number of para-hydroxylation sites is 1. The monoisotopic (exact) mass is 567 g/mol. The zero-order chi connectivity index (χ0) is 30.7. The molecule has 0 saturated carbocycles. The predicted octanol–water partition coefficient (Wildman–Crippen LogP) is 9.04. The van der Waals surface area contributed by atoms with Crippen molar-refractivity contribution in [1.82, 2.24) is 0 Å². The first-order valence-corrected chi connectivity index (χ1v) is 16.1. The van der Waals surface area contributed by atoms with Gasteiger partial charge < -0.3 is 9.64 Å². The van der Waals surface area contributed by atoms with Crippen LogP contribution in [0.15, 0.2) is 72.8 Å². The lowest BCUT2D eigenvalue weighted by molar-refractivity contribution is 0.320. The Morgan fingerprint density at radius 2 is 1.30 bits per heavy atom. The van der Waals surface area contributed by atoms with E-state index in [0.29, 0.717) is 0 Å². The van der Waals surface area contributed by atoms with Gasteiger partial charge in [-0.05, 0) is 97.9 Å². The van der Waals surface area contributed by atoms with Crippen molar-refractivity contribution in [2.75, 3.05) is 4.90 Å². The highest BCUT2D eigenvalue weighted by Crippen LogP contribution is 2.53. The van der Waals surface area contributed by atoms with Crippen molar-refractivity contribution in [1.29, 1.82) is 0 Å². The van der Waals surface area contributed by atoms with E-state index in [-0.39, 0.29) is 28.4 Å². The van der Waals surface area contributed by atoms with Gasteiger partial charge in [0.15, 0.2) is 0 Å². The number of fused-ring (bicyclic) bond motifs is 6. The van der Waals surface area contributed by atoms with Crippen LogP contribution in [-0.2, 0) is 21.7 Å². The van der Waals surface area contributed by atoms with Crippen molar-refractivity contribution in [2.45, 2.75) is 104 Å². The molecule has 0 spiro atoms. The second kappa shape index (κ2) is 9.04. The molecule has 4 aromatic carbocycles. The lowest BCUT2D eigenvalue weighted by Crippen LogP contribution is -2.60. The molecule has 43 heavy (non-hydrogen) atoms. The Hall–Kier alpha value is -3.46. The summed E-state index contributed by atoms with van der Waals surface area (Å²) >= 11 is 0. The molecule has 0 radical (unpaired) electrons. The minimum Gasteiger partial charge on any atom is -0.458 e. The van der Waals surface area contributed by atoms with E-state index < -0.39 is 0 Å². The Morgan fingerprint density at radius 1 is 0.674 bits per heavy atom. The average molecular weight is 568 g/mol.